The Morgan fingerprint density at radius 1 is 1.25 bits per heavy atom. The summed E-state index contributed by atoms with van der Waals surface area (Å²) < 4.78 is 42.9. The minimum absolute atomic E-state index is 0.00262. The van der Waals surface area contributed by atoms with E-state index in [4.69, 9.17) is 15.8 Å². The summed E-state index contributed by atoms with van der Waals surface area (Å²) in [4.78, 5) is 35.8. The van der Waals surface area contributed by atoms with E-state index in [1.54, 1.807) is 45.0 Å². The molecule has 2 aromatic heterocycles. The molecule has 0 spiro atoms. The standard InChI is InChI=1S/C26H31F3N8O3/c1-6-16-12-17(8-9-18(16)24(39)37(7-2)40-15-25(3,4)31)33-23(38)22-32-13-20(35(22)5)19-14-36(11-10-30)34-21(19)26(27,28)29/h8-9,12-14H,6-7,11,15,31H2,1-5H3,(H,33,38). The molecule has 3 N–H and O–H groups in total. The molecule has 0 radical (unpaired) electrons. The van der Waals surface area contributed by atoms with Gasteiger partial charge in [0.25, 0.3) is 11.8 Å². The van der Waals surface area contributed by atoms with E-state index in [0.717, 1.165) is 17.1 Å². The van der Waals surface area contributed by atoms with Crippen molar-refractivity contribution in [3.05, 3.63) is 53.2 Å². The van der Waals surface area contributed by atoms with Crippen molar-refractivity contribution in [2.45, 2.75) is 52.4 Å². The molecule has 14 heteroatoms. The maximum Gasteiger partial charge on any atom is 0.435 e. The molecule has 3 aromatic rings. The van der Waals surface area contributed by atoms with E-state index >= 15 is 0 Å². The van der Waals surface area contributed by atoms with E-state index in [1.165, 1.54) is 16.7 Å². The van der Waals surface area contributed by atoms with Crippen LogP contribution in [-0.4, -0.2) is 54.9 Å². The first kappa shape index (κ1) is 30.3. The Labute approximate surface area is 229 Å². The van der Waals surface area contributed by atoms with Crippen LogP contribution in [0.5, 0.6) is 0 Å². The molecule has 40 heavy (non-hydrogen) atoms. The normalized spacial score (nSPS) is 11.8. The van der Waals surface area contributed by atoms with Crippen LogP contribution < -0.4 is 11.1 Å². The van der Waals surface area contributed by atoms with Crippen LogP contribution in [0.15, 0.2) is 30.6 Å². The number of nitrogens with two attached hydrogens (primary N) is 1. The summed E-state index contributed by atoms with van der Waals surface area (Å²) in [5.41, 5.74) is 5.23. The van der Waals surface area contributed by atoms with Crippen LogP contribution >= 0.6 is 0 Å². The number of benzene rings is 1. The SMILES string of the molecule is CCc1cc(NC(=O)c2ncc(-c3cn(CC#N)nc3C(F)(F)F)n2C)ccc1C(=O)N(CC)OCC(C)(C)N. The fourth-order valence-corrected chi connectivity index (χ4v) is 3.87. The largest absolute Gasteiger partial charge is 0.435 e. The Morgan fingerprint density at radius 2 is 1.95 bits per heavy atom. The van der Waals surface area contributed by atoms with E-state index in [1.807, 2.05) is 6.92 Å². The Bertz CT molecular complexity index is 1430. The van der Waals surface area contributed by atoms with Crippen molar-refractivity contribution in [1.82, 2.24) is 24.4 Å². The summed E-state index contributed by atoms with van der Waals surface area (Å²) in [6.45, 7) is 7.24. The van der Waals surface area contributed by atoms with Crippen molar-refractivity contribution < 1.29 is 27.6 Å². The van der Waals surface area contributed by atoms with Gasteiger partial charge in [0.15, 0.2) is 11.5 Å². The third kappa shape index (κ3) is 6.85. The van der Waals surface area contributed by atoms with Gasteiger partial charge in [-0.05, 0) is 51.0 Å². The van der Waals surface area contributed by atoms with Gasteiger partial charge in [-0.25, -0.2) is 10.0 Å². The number of carbonyl (C=O) groups is 2. The van der Waals surface area contributed by atoms with Crippen LogP contribution in [0.4, 0.5) is 18.9 Å². The molecule has 2 amide bonds. The molecule has 0 saturated carbocycles. The third-order valence-corrected chi connectivity index (χ3v) is 5.81. The number of aryl methyl sites for hydroxylation is 1. The average molecular weight is 561 g/mol. The van der Waals surface area contributed by atoms with Crippen molar-refractivity contribution in [1.29, 1.82) is 5.26 Å². The first-order valence-electron chi connectivity index (χ1n) is 12.4. The van der Waals surface area contributed by atoms with Crippen LogP contribution in [-0.2, 0) is 31.0 Å². The van der Waals surface area contributed by atoms with Gasteiger partial charge in [-0.2, -0.15) is 23.5 Å². The maximum atomic E-state index is 13.6. The summed E-state index contributed by atoms with van der Waals surface area (Å²) in [5.74, 6) is -1.17. The van der Waals surface area contributed by atoms with Crippen molar-refractivity contribution in [2.75, 3.05) is 18.5 Å². The van der Waals surface area contributed by atoms with Crippen molar-refractivity contribution in [3.8, 4) is 17.3 Å². The van der Waals surface area contributed by atoms with E-state index in [9.17, 15) is 22.8 Å². The molecule has 0 atom stereocenters. The molecule has 0 saturated heterocycles. The molecule has 2 heterocycles. The Hall–Kier alpha value is -4.22. The molecular weight excluding hydrogens is 529 g/mol. The van der Waals surface area contributed by atoms with Gasteiger partial charge in [-0.1, -0.05) is 6.92 Å². The number of rotatable bonds is 10. The number of hydroxylamine groups is 2. The van der Waals surface area contributed by atoms with Crippen LogP contribution in [0.1, 0.15) is 59.9 Å². The number of imidazole rings is 1. The molecule has 1 aromatic carbocycles. The zero-order chi connectivity index (χ0) is 29.8. The van der Waals surface area contributed by atoms with E-state index in [0.29, 0.717) is 29.8 Å². The number of alkyl halides is 3. The lowest BCUT2D eigenvalue weighted by Gasteiger charge is -2.26. The van der Waals surface area contributed by atoms with Gasteiger partial charge in [0, 0.05) is 36.6 Å². The second-order valence-corrected chi connectivity index (χ2v) is 9.71. The number of carbonyl (C=O) groups excluding carboxylic acids is 2. The molecule has 214 valence electrons. The molecular formula is C26H31F3N8O3. The number of halogens is 3. The predicted molar refractivity (Wildman–Crippen MR) is 140 cm³/mol. The van der Waals surface area contributed by atoms with Gasteiger partial charge in [0.05, 0.1) is 30.1 Å². The van der Waals surface area contributed by atoms with Gasteiger partial charge in [-0.3, -0.25) is 19.1 Å². The fourth-order valence-electron chi connectivity index (χ4n) is 3.87. The minimum atomic E-state index is -4.78. The predicted octanol–water partition coefficient (Wildman–Crippen LogP) is 3.77. The third-order valence-electron chi connectivity index (χ3n) is 5.81. The van der Waals surface area contributed by atoms with Gasteiger partial charge in [0.2, 0.25) is 0 Å². The number of hydrogen-bond acceptors (Lipinski definition) is 7. The highest BCUT2D eigenvalue weighted by Gasteiger charge is 2.38. The monoisotopic (exact) mass is 560 g/mol. The molecule has 0 aliphatic carbocycles. The minimum Gasteiger partial charge on any atom is -0.324 e. The van der Waals surface area contributed by atoms with E-state index in [-0.39, 0.29) is 36.1 Å². The number of nitrogens with zero attached hydrogens (tertiary/aromatic N) is 6. The Kier molecular flexibility index (Phi) is 9.01. The van der Waals surface area contributed by atoms with Gasteiger partial charge in [0.1, 0.15) is 6.54 Å². The highest BCUT2D eigenvalue weighted by Crippen LogP contribution is 2.36. The number of aromatic nitrogens is 4. The van der Waals surface area contributed by atoms with Gasteiger partial charge >= 0.3 is 6.18 Å². The highest BCUT2D eigenvalue weighted by atomic mass is 19.4. The summed E-state index contributed by atoms with van der Waals surface area (Å²) in [6.07, 6.45) is -2.08. The van der Waals surface area contributed by atoms with Crippen molar-refractivity contribution in [3.63, 3.8) is 0 Å². The lowest BCUT2D eigenvalue weighted by Crippen LogP contribution is -2.42. The number of hydrogen-bond donors (Lipinski definition) is 2. The number of amides is 2. The van der Waals surface area contributed by atoms with Crippen LogP contribution in [0, 0.1) is 11.3 Å². The molecule has 0 fully saturated rings. The molecule has 0 aliphatic heterocycles. The number of anilines is 1. The zero-order valence-electron chi connectivity index (χ0n) is 22.8. The number of nitriles is 1. The molecule has 11 nitrogen and oxygen atoms in total. The topological polar surface area (TPSA) is 144 Å². The fraction of sp³-hybridized carbons (Fsp3) is 0.423. The second-order valence-electron chi connectivity index (χ2n) is 9.71. The quantitative estimate of drug-likeness (QED) is 0.359. The lowest BCUT2D eigenvalue weighted by atomic mass is 10.0. The summed E-state index contributed by atoms with van der Waals surface area (Å²) >= 11 is 0. The summed E-state index contributed by atoms with van der Waals surface area (Å²) in [7, 11) is 1.40. The smallest absolute Gasteiger partial charge is 0.324 e. The zero-order valence-corrected chi connectivity index (χ0v) is 22.8. The van der Waals surface area contributed by atoms with Gasteiger partial charge in [-0.15, -0.1) is 0 Å². The first-order valence-corrected chi connectivity index (χ1v) is 12.4. The summed E-state index contributed by atoms with van der Waals surface area (Å²) in [6, 6.07) is 6.50. The van der Waals surface area contributed by atoms with Crippen molar-refractivity contribution in [2.24, 2.45) is 12.8 Å². The van der Waals surface area contributed by atoms with Crippen LogP contribution in [0.25, 0.3) is 11.3 Å². The lowest BCUT2D eigenvalue weighted by molar-refractivity contribution is -0.141. The molecule has 0 aliphatic rings. The number of nitrogens with one attached hydrogen (secondary N) is 1. The highest BCUT2D eigenvalue weighted by molar-refractivity contribution is 6.03. The molecule has 0 bridgehead atoms. The summed E-state index contributed by atoms with van der Waals surface area (Å²) in [5, 5.41) is 16.2. The van der Waals surface area contributed by atoms with Crippen LogP contribution in [0.2, 0.25) is 0 Å². The Morgan fingerprint density at radius 3 is 2.52 bits per heavy atom. The average Bonchev–Trinajstić information content (AvgIpc) is 3.47. The maximum absolute atomic E-state index is 13.6. The Balaban J connectivity index is 1.85. The van der Waals surface area contributed by atoms with E-state index < -0.39 is 23.3 Å². The van der Waals surface area contributed by atoms with Crippen LogP contribution in [0.3, 0.4) is 0 Å². The van der Waals surface area contributed by atoms with Gasteiger partial charge < -0.3 is 15.6 Å². The molecule has 3 rings (SSSR count). The second kappa shape index (κ2) is 11.9. The van der Waals surface area contributed by atoms with Crippen molar-refractivity contribution >= 4 is 17.5 Å². The van der Waals surface area contributed by atoms with E-state index in [2.05, 4.69) is 15.4 Å². The first-order chi connectivity index (χ1) is 18.7. The molecule has 0 unspecified atom stereocenters.